The lowest BCUT2D eigenvalue weighted by molar-refractivity contribution is 0.0958. The summed E-state index contributed by atoms with van der Waals surface area (Å²) in [4.78, 5) is 14.4. The van der Waals surface area contributed by atoms with Gasteiger partial charge >= 0.3 is 6.03 Å². The maximum atomic E-state index is 11.9. The number of nitrogens with zero attached hydrogens (tertiary/aromatic N) is 1. The maximum absolute atomic E-state index is 11.9. The zero-order valence-corrected chi connectivity index (χ0v) is 12.7. The van der Waals surface area contributed by atoms with E-state index in [4.69, 9.17) is 0 Å². The number of amides is 2. The molecule has 4 nitrogen and oxygen atoms in total. The minimum absolute atomic E-state index is 0.00974. The smallest absolute Gasteiger partial charge is 0.315 e. The number of carbonyl (C=O) groups is 1. The second-order valence-corrected chi connectivity index (χ2v) is 6.81. The first-order valence-corrected chi connectivity index (χ1v) is 7.78. The fraction of sp³-hybridized carbons (Fsp3) is 0.933. The van der Waals surface area contributed by atoms with Crippen LogP contribution in [-0.2, 0) is 0 Å². The topological polar surface area (TPSA) is 44.4 Å². The summed E-state index contributed by atoms with van der Waals surface area (Å²) in [6.07, 6.45) is 6.45. The van der Waals surface area contributed by atoms with Crippen LogP contribution in [0.15, 0.2) is 0 Å². The van der Waals surface area contributed by atoms with Crippen LogP contribution in [0.5, 0.6) is 0 Å². The Morgan fingerprint density at radius 2 is 1.89 bits per heavy atom. The van der Waals surface area contributed by atoms with E-state index in [1.165, 1.54) is 32.1 Å². The summed E-state index contributed by atoms with van der Waals surface area (Å²) in [5.41, 5.74) is 0.0561. The first kappa shape index (κ1) is 14.6. The van der Waals surface area contributed by atoms with E-state index in [1.54, 1.807) is 0 Å². The third kappa shape index (κ3) is 4.37. The number of nitrogens with one attached hydrogen (secondary N) is 2. The Bertz CT molecular complexity index is 307. The highest BCUT2D eigenvalue weighted by Crippen LogP contribution is 2.32. The maximum Gasteiger partial charge on any atom is 0.315 e. The average molecular weight is 267 g/mol. The van der Waals surface area contributed by atoms with Crippen LogP contribution < -0.4 is 10.6 Å². The van der Waals surface area contributed by atoms with Crippen LogP contribution >= 0.6 is 0 Å². The van der Waals surface area contributed by atoms with Crippen LogP contribution in [0.2, 0.25) is 0 Å². The summed E-state index contributed by atoms with van der Waals surface area (Å²) in [7, 11) is 0. The Morgan fingerprint density at radius 3 is 2.47 bits per heavy atom. The number of rotatable bonds is 5. The highest BCUT2D eigenvalue weighted by atomic mass is 16.2. The fourth-order valence-electron chi connectivity index (χ4n) is 2.88. The van der Waals surface area contributed by atoms with Crippen molar-refractivity contribution in [2.45, 2.75) is 64.5 Å². The molecule has 0 aromatic carbocycles. The van der Waals surface area contributed by atoms with E-state index >= 15 is 0 Å². The van der Waals surface area contributed by atoms with Gasteiger partial charge < -0.3 is 10.6 Å². The average Bonchev–Trinajstić information content (AvgIpc) is 3.22. The van der Waals surface area contributed by atoms with Gasteiger partial charge in [0, 0.05) is 18.1 Å². The Hall–Kier alpha value is -0.770. The van der Waals surface area contributed by atoms with E-state index in [0.717, 1.165) is 19.6 Å². The molecule has 0 aromatic heterocycles. The molecule has 2 aliphatic rings. The molecule has 0 radical (unpaired) electrons. The zero-order chi connectivity index (χ0) is 13.9. The highest BCUT2D eigenvalue weighted by Gasteiger charge is 2.30. The Balaban J connectivity index is 1.71. The van der Waals surface area contributed by atoms with E-state index < -0.39 is 0 Å². The van der Waals surface area contributed by atoms with Gasteiger partial charge in [-0.15, -0.1) is 0 Å². The summed E-state index contributed by atoms with van der Waals surface area (Å²) in [6, 6.07) is 0.308. The fourth-order valence-corrected chi connectivity index (χ4v) is 2.88. The summed E-state index contributed by atoms with van der Waals surface area (Å²) < 4.78 is 0. The Morgan fingerprint density at radius 1 is 1.26 bits per heavy atom. The number of hydrogen-bond donors (Lipinski definition) is 2. The number of likely N-dealkylation sites (tertiary alicyclic amines) is 1. The highest BCUT2D eigenvalue weighted by molar-refractivity contribution is 5.74. The monoisotopic (exact) mass is 267 g/mol. The molecule has 2 fully saturated rings. The van der Waals surface area contributed by atoms with Gasteiger partial charge in [0.05, 0.1) is 0 Å². The SMILES string of the molecule is CC(NC(=O)NCC(C)(C)N1CCCCC1)C1CC1. The Kier molecular flexibility index (Phi) is 4.71. The predicted octanol–water partition coefficient (Wildman–Crippen LogP) is 2.35. The van der Waals surface area contributed by atoms with E-state index in [2.05, 4.69) is 36.3 Å². The molecular weight excluding hydrogens is 238 g/mol. The van der Waals surface area contributed by atoms with Gasteiger partial charge in [-0.3, -0.25) is 4.90 Å². The lowest BCUT2D eigenvalue weighted by Gasteiger charge is -2.41. The quantitative estimate of drug-likeness (QED) is 0.803. The van der Waals surface area contributed by atoms with Gasteiger partial charge in [0.15, 0.2) is 0 Å². The van der Waals surface area contributed by atoms with Crippen LogP contribution in [0.1, 0.15) is 52.9 Å². The van der Waals surface area contributed by atoms with Crippen molar-refractivity contribution in [1.82, 2.24) is 15.5 Å². The minimum atomic E-state index is -0.00974. The van der Waals surface area contributed by atoms with Gasteiger partial charge in [-0.2, -0.15) is 0 Å². The molecule has 110 valence electrons. The van der Waals surface area contributed by atoms with Crippen molar-refractivity contribution in [2.24, 2.45) is 5.92 Å². The van der Waals surface area contributed by atoms with E-state index in [1.807, 2.05) is 0 Å². The van der Waals surface area contributed by atoms with Crippen LogP contribution in [0.25, 0.3) is 0 Å². The summed E-state index contributed by atoms with van der Waals surface area (Å²) >= 11 is 0. The van der Waals surface area contributed by atoms with Crippen molar-refractivity contribution in [3.05, 3.63) is 0 Å². The van der Waals surface area contributed by atoms with Crippen LogP contribution in [-0.4, -0.2) is 42.1 Å². The van der Waals surface area contributed by atoms with Crippen molar-refractivity contribution in [3.63, 3.8) is 0 Å². The minimum Gasteiger partial charge on any atom is -0.336 e. The molecule has 1 atom stereocenters. The van der Waals surface area contributed by atoms with Crippen LogP contribution in [0, 0.1) is 5.92 Å². The molecule has 4 heteroatoms. The largest absolute Gasteiger partial charge is 0.336 e. The van der Waals surface area contributed by atoms with Gasteiger partial charge in [-0.25, -0.2) is 4.79 Å². The third-order valence-electron chi connectivity index (χ3n) is 4.58. The van der Waals surface area contributed by atoms with Crippen LogP contribution in [0.4, 0.5) is 4.79 Å². The molecule has 0 aromatic rings. The van der Waals surface area contributed by atoms with Crippen molar-refractivity contribution in [3.8, 4) is 0 Å². The molecule has 0 spiro atoms. The normalized spacial score (nSPS) is 22.9. The molecule has 1 aliphatic heterocycles. The Labute approximate surface area is 117 Å². The van der Waals surface area contributed by atoms with Crippen LogP contribution in [0.3, 0.4) is 0 Å². The summed E-state index contributed by atoms with van der Waals surface area (Å²) in [5.74, 6) is 0.709. The molecule has 2 N–H and O–H groups in total. The number of piperidine rings is 1. The molecule has 1 saturated carbocycles. The van der Waals surface area contributed by atoms with Gasteiger partial charge in [0.2, 0.25) is 0 Å². The van der Waals surface area contributed by atoms with E-state index in [9.17, 15) is 4.79 Å². The van der Waals surface area contributed by atoms with E-state index in [-0.39, 0.29) is 11.6 Å². The molecule has 1 aliphatic carbocycles. The molecular formula is C15H29N3O. The second kappa shape index (κ2) is 6.12. The van der Waals surface area contributed by atoms with Crippen molar-refractivity contribution in [1.29, 1.82) is 0 Å². The number of carbonyl (C=O) groups excluding carboxylic acids is 1. The van der Waals surface area contributed by atoms with Crippen molar-refractivity contribution >= 4 is 6.03 Å². The molecule has 1 heterocycles. The zero-order valence-electron chi connectivity index (χ0n) is 12.7. The molecule has 1 unspecified atom stereocenters. The van der Waals surface area contributed by atoms with Gasteiger partial charge in [-0.1, -0.05) is 6.42 Å². The molecule has 2 amide bonds. The first-order valence-electron chi connectivity index (χ1n) is 7.78. The van der Waals surface area contributed by atoms with Gasteiger partial charge in [0.25, 0.3) is 0 Å². The molecule has 2 rings (SSSR count). The molecule has 0 bridgehead atoms. The standard InChI is InChI=1S/C15H29N3O/c1-12(13-7-8-13)17-14(19)16-11-15(2,3)18-9-5-4-6-10-18/h12-13H,4-11H2,1-3H3,(H2,16,17,19). The number of urea groups is 1. The van der Waals surface area contributed by atoms with Crippen molar-refractivity contribution < 1.29 is 4.79 Å². The summed E-state index contributed by atoms with van der Waals surface area (Å²) in [6.45, 7) is 9.60. The van der Waals surface area contributed by atoms with Gasteiger partial charge in [-0.05, 0) is 65.5 Å². The van der Waals surface area contributed by atoms with Gasteiger partial charge in [0.1, 0.15) is 0 Å². The number of hydrogen-bond acceptors (Lipinski definition) is 2. The first-order chi connectivity index (χ1) is 8.99. The third-order valence-corrected chi connectivity index (χ3v) is 4.58. The lowest BCUT2D eigenvalue weighted by Crippen LogP contribution is -2.55. The van der Waals surface area contributed by atoms with Crippen molar-refractivity contribution in [2.75, 3.05) is 19.6 Å². The second-order valence-electron chi connectivity index (χ2n) is 6.81. The lowest BCUT2D eigenvalue weighted by atomic mass is 9.98. The molecule has 1 saturated heterocycles. The predicted molar refractivity (Wildman–Crippen MR) is 78.2 cm³/mol. The molecule has 19 heavy (non-hydrogen) atoms. The summed E-state index contributed by atoms with van der Waals surface area (Å²) in [5, 5.41) is 6.09. The van der Waals surface area contributed by atoms with E-state index in [0.29, 0.717) is 12.0 Å².